The van der Waals surface area contributed by atoms with Crippen LogP contribution in [0.1, 0.15) is 41.0 Å². The molecule has 1 aliphatic rings. The first-order chi connectivity index (χ1) is 14.1. The molecule has 4 rings (SSSR count). The Morgan fingerprint density at radius 1 is 1.17 bits per heavy atom. The number of hydrogen-bond acceptors (Lipinski definition) is 5. The molecule has 1 aliphatic carbocycles. The highest BCUT2D eigenvalue weighted by Gasteiger charge is 2.26. The van der Waals surface area contributed by atoms with Gasteiger partial charge in [0, 0.05) is 11.9 Å². The third-order valence-corrected chi connectivity index (χ3v) is 5.42. The number of fused-ring (bicyclic) bond motifs is 2. The highest BCUT2D eigenvalue weighted by molar-refractivity contribution is 6.05. The molecule has 0 bridgehead atoms. The lowest BCUT2D eigenvalue weighted by atomic mass is 10.1. The van der Waals surface area contributed by atoms with Crippen LogP contribution in [0.2, 0.25) is 0 Å². The van der Waals surface area contributed by atoms with Crippen LogP contribution in [0.15, 0.2) is 41.2 Å². The molecule has 1 amide bonds. The topological polar surface area (TPSA) is 82.5 Å². The van der Waals surface area contributed by atoms with E-state index in [2.05, 4.69) is 16.5 Å². The Morgan fingerprint density at radius 2 is 1.86 bits per heavy atom. The predicted octanol–water partition coefficient (Wildman–Crippen LogP) is 2.85. The molecule has 0 saturated heterocycles. The number of ether oxygens (including phenoxy) is 2. The standard InChI is InChI=1S/C22H23N3O4/c1-4-25-22(27)16-12-19(29-3)18(28-2)11-15(16)20(24-25)21(26)23-17-10-9-13-7-5-6-8-14(13)17/h5-8,11-12,17H,4,9-10H2,1-3H3,(H,23,26)/t17-/m1/s1. The van der Waals surface area contributed by atoms with Gasteiger partial charge in [0.05, 0.1) is 25.6 Å². The van der Waals surface area contributed by atoms with Crippen LogP contribution >= 0.6 is 0 Å². The summed E-state index contributed by atoms with van der Waals surface area (Å²) < 4.78 is 12.0. The van der Waals surface area contributed by atoms with E-state index in [1.165, 1.54) is 24.5 Å². The molecule has 1 atom stereocenters. The van der Waals surface area contributed by atoms with Crippen LogP contribution in [0, 0.1) is 0 Å². The molecule has 7 nitrogen and oxygen atoms in total. The molecular weight excluding hydrogens is 370 g/mol. The average molecular weight is 393 g/mol. The molecule has 150 valence electrons. The van der Waals surface area contributed by atoms with Gasteiger partial charge in [0.15, 0.2) is 17.2 Å². The summed E-state index contributed by atoms with van der Waals surface area (Å²) in [6, 6.07) is 11.3. The number of benzene rings is 2. The summed E-state index contributed by atoms with van der Waals surface area (Å²) in [5.74, 6) is 0.559. The minimum absolute atomic E-state index is 0.0716. The maximum Gasteiger partial charge on any atom is 0.274 e. The van der Waals surface area contributed by atoms with Gasteiger partial charge >= 0.3 is 0 Å². The van der Waals surface area contributed by atoms with Crippen LogP contribution in [0.5, 0.6) is 11.5 Å². The number of amides is 1. The van der Waals surface area contributed by atoms with Gasteiger partial charge < -0.3 is 14.8 Å². The fourth-order valence-corrected chi connectivity index (χ4v) is 3.93. The van der Waals surface area contributed by atoms with Crippen LogP contribution in [0.25, 0.3) is 10.8 Å². The number of rotatable bonds is 5. The number of nitrogens with zero attached hydrogens (tertiary/aromatic N) is 2. The first-order valence-electron chi connectivity index (χ1n) is 9.62. The van der Waals surface area contributed by atoms with E-state index in [1.807, 2.05) is 25.1 Å². The van der Waals surface area contributed by atoms with Crippen molar-refractivity contribution < 1.29 is 14.3 Å². The Morgan fingerprint density at radius 3 is 2.55 bits per heavy atom. The van der Waals surface area contributed by atoms with E-state index in [0.717, 1.165) is 18.4 Å². The summed E-state index contributed by atoms with van der Waals surface area (Å²) >= 11 is 0. The van der Waals surface area contributed by atoms with Crippen LogP contribution in [0.3, 0.4) is 0 Å². The van der Waals surface area contributed by atoms with E-state index >= 15 is 0 Å². The molecule has 2 aromatic carbocycles. The van der Waals surface area contributed by atoms with Crippen LogP contribution in [-0.2, 0) is 13.0 Å². The van der Waals surface area contributed by atoms with Crippen molar-refractivity contribution >= 4 is 16.7 Å². The van der Waals surface area contributed by atoms with Crippen molar-refractivity contribution in [2.75, 3.05) is 14.2 Å². The number of methoxy groups -OCH3 is 2. The van der Waals surface area contributed by atoms with Crippen molar-refractivity contribution in [3.63, 3.8) is 0 Å². The minimum atomic E-state index is -0.314. The van der Waals surface area contributed by atoms with Gasteiger partial charge in [-0.05, 0) is 43.0 Å². The molecule has 0 radical (unpaired) electrons. The maximum absolute atomic E-state index is 13.2. The van der Waals surface area contributed by atoms with Crippen LogP contribution in [0.4, 0.5) is 0 Å². The second-order valence-electron chi connectivity index (χ2n) is 6.99. The number of carbonyl (C=O) groups is 1. The maximum atomic E-state index is 13.2. The summed E-state index contributed by atoms with van der Waals surface area (Å²) in [7, 11) is 3.02. The molecule has 0 spiro atoms. The third-order valence-electron chi connectivity index (χ3n) is 5.42. The van der Waals surface area contributed by atoms with Crippen molar-refractivity contribution in [3.8, 4) is 11.5 Å². The van der Waals surface area contributed by atoms with Gasteiger partial charge in [-0.15, -0.1) is 0 Å². The van der Waals surface area contributed by atoms with Gasteiger partial charge in [0.1, 0.15) is 0 Å². The van der Waals surface area contributed by atoms with Crippen molar-refractivity contribution in [2.45, 2.75) is 32.4 Å². The third kappa shape index (κ3) is 3.22. The van der Waals surface area contributed by atoms with E-state index in [9.17, 15) is 9.59 Å². The van der Waals surface area contributed by atoms with E-state index in [0.29, 0.717) is 28.8 Å². The zero-order chi connectivity index (χ0) is 20.5. The number of hydrogen-bond donors (Lipinski definition) is 1. The largest absolute Gasteiger partial charge is 0.493 e. The number of carbonyl (C=O) groups excluding carboxylic acids is 1. The number of aromatic nitrogens is 2. The minimum Gasteiger partial charge on any atom is -0.493 e. The Balaban J connectivity index is 1.81. The van der Waals surface area contributed by atoms with E-state index in [1.54, 1.807) is 12.1 Å². The second-order valence-corrected chi connectivity index (χ2v) is 6.99. The SMILES string of the molecule is CCn1nc(C(=O)N[C@@H]2CCc3ccccc32)c2cc(OC)c(OC)cc2c1=O. The first-order valence-corrected chi connectivity index (χ1v) is 9.62. The lowest BCUT2D eigenvalue weighted by Crippen LogP contribution is -2.32. The van der Waals surface area contributed by atoms with Gasteiger partial charge in [0.2, 0.25) is 0 Å². The molecule has 0 saturated carbocycles. The molecule has 1 N–H and O–H groups in total. The predicted molar refractivity (Wildman–Crippen MR) is 110 cm³/mol. The van der Waals surface area contributed by atoms with E-state index in [4.69, 9.17) is 9.47 Å². The van der Waals surface area contributed by atoms with Crippen molar-refractivity contribution in [2.24, 2.45) is 0 Å². The van der Waals surface area contributed by atoms with E-state index < -0.39 is 0 Å². The van der Waals surface area contributed by atoms with Gasteiger partial charge in [-0.25, -0.2) is 4.68 Å². The second kappa shape index (κ2) is 7.58. The Labute approximate surface area is 168 Å². The van der Waals surface area contributed by atoms with Crippen molar-refractivity contribution in [1.29, 1.82) is 0 Å². The summed E-state index contributed by atoms with van der Waals surface area (Å²) in [6.45, 7) is 2.17. The zero-order valence-corrected chi connectivity index (χ0v) is 16.7. The fraction of sp³-hybridized carbons (Fsp3) is 0.318. The molecule has 7 heteroatoms. The molecule has 0 fully saturated rings. The lowest BCUT2D eigenvalue weighted by Gasteiger charge is -2.16. The van der Waals surface area contributed by atoms with Gasteiger partial charge in [-0.1, -0.05) is 24.3 Å². The molecular formula is C22H23N3O4. The Kier molecular flexibility index (Phi) is 4.96. The zero-order valence-electron chi connectivity index (χ0n) is 16.7. The van der Waals surface area contributed by atoms with Gasteiger partial charge in [-0.2, -0.15) is 5.10 Å². The average Bonchev–Trinajstić information content (AvgIpc) is 3.16. The van der Waals surface area contributed by atoms with Gasteiger partial charge in [0.25, 0.3) is 11.5 Å². The fourth-order valence-electron chi connectivity index (χ4n) is 3.93. The normalized spacial score (nSPS) is 15.2. The van der Waals surface area contributed by atoms with E-state index in [-0.39, 0.29) is 23.2 Å². The molecule has 0 unspecified atom stereocenters. The summed E-state index contributed by atoms with van der Waals surface area (Å²) in [5, 5.41) is 8.25. The molecule has 1 heterocycles. The Hall–Kier alpha value is -3.35. The smallest absolute Gasteiger partial charge is 0.274 e. The monoisotopic (exact) mass is 393 g/mol. The number of nitrogens with one attached hydrogen (secondary N) is 1. The molecule has 1 aromatic heterocycles. The van der Waals surface area contributed by atoms with Crippen LogP contribution in [-0.4, -0.2) is 29.9 Å². The highest BCUT2D eigenvalue weighted by atomic mass is 16.5. The number of aryl methyl sites for hydroxylation is 2. The summed E-state index contributed by atoms with van der Waals surface area (Å²) in [4.78, 5) is 26.0. The Bertz CT molecular complexity index is 1150. The van der Waals surface area contributed by atoms with Crippen molar-refractivity contribution in [1.82, 2.24) is 15.1 Å². The molecule has 3 aromatic rings. The molecule has 29 heavy (non-hydrogen) atoms. The summed E-state index contributed by atoms with van der Waals surface area (Å²) in [6.07, 6.45) is 1.77. The van der Waals surface area contributed by atoms with Crippen molar-refractivity contribution in [3.05, 3.63) is 63.6 Å². The first kappa shape index (κ1) is 19.0. The van der Waals surface area contributed by atoms with Gasteiger partial charge in [-0.3, -0.25) is 9.59 Å². The van der Waals surface area contributed by atoms with Crippen LogP contribution < -0.4 is 20.3 Å². The summed E-state index contributed by atoms with van der Waals surface area (Å²) in [5.41, 5.74) is 2.31. The molecule has 0 aliphatic heterocycles. The lowest BCUT2D eigenvalue weighted by molar-refractivity contribution is 0.0931. The highest BCUT2D eigenvalue weighted by Crippen LogP contribution is 2.33. The quantitative estimate of drug-likeness (QED) is 0.721.